The van der Waals surface area contributed by atoms with Gasteiger partial charge in [0, 0.05) is 23.1 Å². The van der Waals surface area contributed by atoms with Crippen LogP contribution in [0, 0.1) is 5.92 Å². The number of halogens is 3. The van der Waals surface area contributed by atoms with Gasteiger partial charge < -0.3 is 20.1 Å². The highest BCUT2D eigenvalue weighted by Gasteiger charge is 2.51. The van der Waals surface area contributed by atoms with Crippen molar-refractivity contribution in [3.05, 3.63) is 95.1 Å². The summed E-state index contributed by atoms with van der Waals surface area (Å²) in [5.41, 5.74) is 6.93. The van der Waals surface area contributed by atoms with Crippen molar-refractivity contribution in [2.75, 3.05) is 13.1 Å². The smallest absolute Gasteiger partial charge is 0.416 e. The molecule has 0 saturated carbocycles. The van der Waals surface area contributed by atoms with Crippen LogP contribution in [-0.4, -0.2) is 29.9 Å². The number of para-hydroxylation sites is 2. The van der Waals surface area contributed by atoms with E-state index in [4.69, 9.17) is 15.2 Å². The maximum atomic E-state index is 13.2. The fraction of sp³-hybridized carbons (Fsp3) is 0.367. The number of piperidine rings is 1. The van der Waals surface area contributed by atoms with E-state index in [0.29, 0.717) is 22.6 Å². The molecule has 200 valence electrons. The van der Waals surface area contributed by atoms with Crippen LogP contribution < -0.4 is 15.2 Å². The Morgan fingerprint density at radius 1 is 0.974 bits per heavy atom. The molecule has 2 aliphatic rings. The number of nitrogens with zero attached hydrogens (tertiary/aromatic N) is 1. The van der Waals surface area contributed by atoms with Gasteiger partial charge in [-0.2, -0.15) is 13.2 Å². The highest BCUT2D eigenvalue weighted by atomic mass is 19.4. The van der Waals surface area contributed by atoms with Gasteiger partial charge in [-0.25, -0.2) is 0 Å². The van der Waals surface area contributed by atoms with Crippen LogP contribution in [0.3, 0.4) is 0 Å². The molecular formula is C30H31F3N2O3. The Bertz CT molecular complexity index is 1260. The van der Waals surface area contributed by atoms with E-state index in [1.165, 1.54) is 12.1 Å². The van der Waals surface area contributed by atoms with E-state index in [0.717, 1.165) is 56.5 Å². The van der Waals surface area contributed by atoms with E-state index in [1.807, 2.05) is 42.5 Å². The summed E-state index contributed by atoms with van der Waals surface area (Å²) in [5.74, 6) is -0.456. The second kappa shape index (κ2) is 10.3. The molecule has 1 unspecified atom stereocenters. The predicted octanol–water partition coefficient (Wildman–Crippen LogP) is 6.16. The number of carbonyl (C=O) groups excluding carboxylic acids is 1. The lowest BCUT2D eigenvalue weighted by atomic mass is 9.83. The van der Waals surface area contributed by atoms with E-state index in [-0.39, 0.29) is 12.0 Å². The van der Waals surface area contributed by atoms with Crippen molar-refractivity contribution in [3.63, 3.8) is 0 Å². The summed E-state index contributed by atoms with van der Waals surface area (Å²) in [5, 5.41) is 0. The summed E-state index contributed by atoms with van der Waals surface area (Å²) in [6, 6.07) is 20.2. The van der Waals surface area contributed by atoms with Crippen molar-refractivity contribution in [2.24, 2.45) is 11.7 Å². The number of nitrogens with two attached hydrogens (primary N) is 1. The number of likely N-dealkylation sites (tertiary alicyclic amines) is 1. The van der Waals surface area contributed by atoms with Crippen LogP contribution in [0.15, 0.2) is 72.8 Å². The summed E-state index contributed by atoms with van der Waals surface area (Å²) in [6.45, 7) is 3.78. The first-order valence-electron chi connectivity index (χ1n) is 12.9. The fourth-order valence-electron chi connectivity index (χ4n) is 5.62. The third-order valence-corrected chi connectivity index (χ3v) is 7.79. The first-order chi connectivity index (χ1) is 18.2. The minimum absolute atomic E-state index is 0.0503. The first kappa shape index (κ1) is 26.1. The molecule has 0 aromatic heterocycles. The number of hydrogen-bond donors (Lipinski definition) is 1. The molecule has 38 heavy (non-hydrogen) atoms. The average molecular weight is 525 g/mol. The maximum Gasteiger partial charge on any atom is 0.416 e. The highest BCUT2D eigenvalue weighted by Crippen LogP contribution is 2.50. The number of amides is 1. The molecule has 0 aliphatic carbocycles. The van der Waals surface area contributed by atoms with Crippen molar-refractivity contribution in [1.29, 1.82) is 0 Å². The van der Waals surface area contributed by atoms with Crippen LogP contribution in [0.1, 0.15) is 53.2 Å². The molecule has 2 aliphatic heterocycles. The van der Waals surface area contributed by atoms with Crippen LogP contribution in [0.25, 0.3) is 0 Å². The minimum Gasteiger partial charge on any atom is -0.444 e. The van der Waals surface area contributed by atoms with E-state index in [2.05, 4.69) is 11.8 Å². The number of aryl methyl sites for hydroxylation is 1. The summed E-state index contributed by atoms with van der Waals surface area (Å²) in [6.07, 6.45) is -1.27. The Balaban J connectivity index is 1.30. The van der Waals surface area contributed by atoms with Crippen LogP contribution >= 0.6 is 0 Å². The largest absolute Gasteiger partial charge is 0.444 e. The normalized spacial score (nSPS) is 18.3. The molecular weight excluding hydrogens is 493 g/mol. The monoisotopic (exact) mass is 524 g/mol. The average Bonchev–Trinajstić information content (AvgIpc) is 3.32. The molecule has 1 atom stereocenters. The molecule has 1 fully saturated rings. The number of primary amides is 1. The highest BCUT2D eigenvalue weighted by molar-refractivity contribution is 5.94. The van der Waals surface area contributed by atoms with Gasteiger partial charge in [-0.1, -0.05) is 42.5 Å². The topological polar surface area (TPSA) is 64.8 Å². The van der Waals surface area contributed by atoms with Crippen molar-refractivity contribution in [2.45, 2.75) is 50.6 Å². The van der Waals surface area contributed by atoms with Gasteiger partial charge in [-0.05, 0) is 81.6 Å². The molecule has 8 heteroatoms. The van der Waals surface area contributed by atoms with E-state index in [1.54, 1.807) is 6.07 Å². The van der Waals surface area contributed by atoms with Gasteiger partial charge in [0.2, 0.25) is 5.91 Å². The Morgan fingerprint density at radius 3 is 2.13 bits per heavy atom. The number of alkyl halides is 3. The number of rotatable bonds is 7. The van der Waals surface area contributed by atoms with Gasteiger partial charge in [-0.15, -0.1) is 0 Å². The van der Waals surface area contributed by atoms with Crippen molar-refractivity contribution in [3.8, 4) is 11.5 Å². The van der Waals surface area contributed by atoms with Gasteiger partial charge in [0.25, 0.3) is 5.79 Å². The standard InChI is InChI=1S/C30H31F3N2O3/c1-20(10-11-21-6-2-3-7-25(21)28(34)36)35-18-16-23(17-19-35)29(37-26-8-4-5-9-27(26)38-29)22-12-14-24(15-13-22)30(31,32)33/h2-9,12-15,20,23H,10-11,16-19H2,1H3,(H2,34,36). The molecule has 1 saturated heterocycles. The molecule has 2 heterocycles. The SMILES string of the molecule is CC(CCc1ccccc1C(N)=O)N1CCC(C2(c3ccc(C(F)(F)F)cc3)Oc3ccccc3O2)CC1. The lowest BCUT2D eigenvalue weighted by molar-refractivity contribution is -0.150. The third kappa shape index (κ3) is 5.10. The minimum atomic E-state index is -4.41. The van der Waals surface area contributed by atoms with E-state index >= 15 is 0 Å². The zero-order valence-electron chi connectivity index (χ0n) is 21.2. The molecule has 3 aromatic rings. The lowest BCUT2D eigenvalue weighted by Gasteiger charge is -2.42. The molecule has 3 aromatic carbocycles. The van der Waals surface area contributed by atoms with Crippen LogP contribution in [0.2, 0.25) is 0 Å². The van der Waals surface area contributed by atoms with Gasteiger partial charge in [0.05, 0.1) is 5.56 Å². The number of ether oxygens (including phenoxy) is 2. The molecule has 0 radical (unpaired) electrons. The second-order valence-corrected chi connectivity index (χ2v) is 10.1. The molecule has 1 amide bonds. The molecule has 2 N–H and O–H groups in total. The summed E-state index contributed by atoms with van der Waals surface area (Å²) in [7, 11) is 0. The summed E-state index contributed by atoms with van der Waals surface area (Å²) in [4.78, 5) is 14.2. The quantitative estimate of drug-likeness (QED) is 0.402. The Hall–Kier alpha value is -3.52. The van der Waals surface area contributed by atoms with Crippen LogP contribution in [-0.2, 0) is 18.4 Å². The fourth-order valence-corrected chi connectivity index (χ4v) is 5.62. The molecule has 5 nitrogen and oxygen atoms in total. The molecule has 5 rings (SSSR count). The maximum absolute atomic E-state index is 13.2. The zero-order valence-corrected chi connectivity index (χ0v) is 21.2. The Kier molecular flexibility index (Phi) is 7.09. The van der Waals surface area contributed by atoms with Crippen molar-refractivity contribution >= 4 is 5.91 Å². The number of hydrogen-bond acceptors (Lipinski definition) is 4. The molecule has 0 spiro atoms. The number of fused-ring (bicyclic) bond motifs is 1. The van der Waals surface area contributed by atoms with Crippen molar-refractivity contribution < 1.29 is 27.4 Å². The number of carbonyl (C=O) groups is 1. The van der Waals surface area contributed by atoms with Gasteiger partial charge in [-0.3, -0.25) is 4.79 Å². The lowest BCUT2D eigenvalue weighted by Crippen LogP contribution is -2.50. The van der Waals surface area contributed by atoms with Crippen LogP contribution in [0.4, 0.5) is 13.2 Å². The zero-order chi connectivity index (χ0) is 26.9. The summed E-state index contributed by atoms with van der Waals surface area (Å²) >= 11 is 0. The predicted molar refractivity (Wildman–Crippen MR) is 138 cm³/mol. The van der Waals surface area contributed by atoms with Gasteiger partial charge >= 0.3 is 6.18 Å². The Morgan fingerprint density at radius 2 is 1.55 bits per heavy atom. The molecule has 0 bridgehead atoms. The van der Waals surface area contributed by atoms with E-state index in [9.17, 15) is 18.0 Å². The van der Waals surface area contributed by atoms with Gasteiger partial charge in [0.1, 0.15) is 0 Å². The Labute approximate surface area is 220 Å². The van der Waals surface area contributed by atoms with E-state index < -0.39 is 23.4 Å². The third-order valence-electron chi connectivity index (χ3n) is 7.79. The summed E-state index contributed by atoms with van der Waals surface area (Å²) < 4.78 is 52.5. The van der Waals surface area contributed by atoms with Gasteiger partial charge in [0.15, 0.2) is 11.5 Å². The number of benzene rings is 3. The van der Waals surface area contributed by atoms with Crippen molar-refractivity contribution in [1.82, 2.24) is 4.90 Å². The first-order valence-corrected chi connectivity index (χ1v) is 12.9. The second-order valence-electron chi connectivity index (χ2n) is 10.1. The van der Waals surface area contributed by atoms with Crippen LogP contribution in [0.5, 0.6) is 11.5 Å².